The number of fused-ring (bicyclic) bond motifs is 1. The highest BCUT2D eigenvalue weighted by Gasteiger charge is 2.90. The lowest BCUT2D eigenvalue weighted by Gasteiger charge is -2.61. The molecule has 64 heavy (non-hydrogen) atoms. The van der Waals surface area contributed by atoms with E-state index < -0.39 is 94.0 Å². The van der Waals surface area contributed by atoms with Gasteiger partial charge in [0.05, 0.1) is 17.8 Å². The molecule has 1 aromatic carbocycles. The molecule has 7 aliphatic rings. The average molecular weight is 891 g/mol. The van der Waals surface area contributed by atoms with Gasteiger partial charge in [-0.05, 0) is 55.7 Å². The number of hydrogen-bond donors (Lipinski definition) is 2. The number of benzene rings is 1. The molecule has 1 aromatic rings. The topological polar surface area (TPSA) is 150 Å². The van der Waals surface area contributed by atoms with Crippen LogP contribution in [0.1, 0.15) is 179 Å². The molecule has 0 aromatic heterocycles. The third-order valence-electron chi connectivity index (χ3n) is 17.1. The smallest absolute Gasteiger partial charge is 0.338 e. The first kappa shape index (κ1) is 47.8. The Balaban J connectivity index is 1.07. The number of epoxide rings is 1. The Morgan fingerprint density at radius 3 is 2.14 bits per heavy atom. The van der Waals surface area contributed by atoms with E-state index in [0.717, 1.165) is 63.4 Å². The fourth-order valence-electron chi connectivity index (χ4n) is 13.8. The molecule has 2 unspecified atom stereocenters. The zero-order valence-corrected chi connectivity index (χ0v) is 39.3. The molecule has 4 aliphatic heterocycles. The van der Waals surface area contributed by atoms with Crippen molar-refractivity contribution in [3.05, 3.63) is 48.0 Å². The highest BCUT2D eigenvalue weighted by molar-refractivity contribution is 5.94. The van der Waals surface area contributed by atoms with E-state index in [1.165, 1.54) is 57.8 Å². The molecule has 2 spiro atoms. The zero-order valence-electron chi connectivity index (χ0n) is 39.3. The summed E-state index contributed by atoms with van der Waals surface area (Å²) in [5, 5.41) is 26.4. The van der Waals surface area contributed by atoms with E-state index in [2.05, 4.69) is 20.4 Å². The van der Waals surface area contributed by atoms with Crippen LogP contribution >= 0.6 is 0 Å². The number of rotatable bonds is 20. The van der Waals surface area contributed by atoms with Gasteiger partial charge >= 0.3 is 11.9 Å². The summed E-state index contributed by atoms with van der Waals surface area (Å²) in [6, 6.07) is 8.82. The van der Waals surface area contributed by atoms with Crippen LogP contribution in [0.4, 0.5) is 0 Å². The number of aliphatic hydroxyl groups is 2. The van der Waals surface area contributed by atoms with E-state index in [4.69, 9.17) is 28.4 Å². The number of Topliss-reactive ketones (excluding diaryl/α,β-unsaturated/α-hetero) is 1. The number of carbonyl (C=O) groups excluding carboxylic acids is 3. The van der Waals surface area contributed by atoms with Crippen LogP contribution < -0.4 is 0 Å². The van der Waals surface area contributed by atoms with Gasteiger partial charge in [0, 0.05) is 36.5 Å². The first-order valence-electron chi connectivity index (χ1n) is 25.6. The van der Waals surface area contributed by atoms with Crippen molar-refractivity contribution in [3.63, 3.8) is 0 Å². The van der Waals surface area contributed by atoms with Gasteiger partial charge in [-0.1, -0.05) is 155 Å². The number of ether oxygens (including phenoxy) is 6. The minimum Gasteiger partial charge on any atom is -0.462 e. The van der Waals surface area contributed by atoms with Crippen molar-refractivity contribution in [2.24, 2.45) is 35.5 Å². The summed E-state index contributed by atoms with van der Waals surface area (Å²) in [6.07, 6.45) is 18.8. The Labute approximate surface area is 382 Å². The van der Waals surface area contributed by atoms with Crippen LogP contribution in [-0.4, -0.2) is 87.8 Å². The normalized spacial score (nSPS) is 40.7. The molecule has 11 heteroatoms. The molecule has 3 bridgehead atoms. The van der Waals surface area contributed by atoms with Crippen LogP contribution in [0, 0.1) is 35.5 Å². The second kappa shape index (κ2) is 19.5. The maximum absolute atomic E-state index is 15.1. The molecule has 3 aliphatic carbocycles. The van der Waals surface area contributed by atoms with Crippen molar-refractivity contribution in [3.8, 4) is 0 Å². The summed E-state index contributed by atoms with van der Waals surface area (Å²) in [4.78, 5) is 42.3. The maximum atomic E-state index is 15.1. The number of carbonyl (C=O) groups is 3. The van der Waals surface area contributed by atoms with Gasteiger partial charge in [-0.15, -0.1) is 0 Å². The lowest BCUT2D eigenvalue weighted by molar-refractivity contribution is -0.438. The Hall–Kier alpha value is -2.67. The van der Waals surface area contributed by atoms with Gasteiger partial charge in [-0.2, -0.15) is 0 Å². The summed E-state index contributed by atoms with van der Waals surface area (Å²) in [5.41, 5.74) is -5.39. The average Bonchev–Trinajstić information content (AvgIpc) is 3.92. The third-order valence-corrected chi connectivity index (χ3v) is 17.1. The van der Waals surface area contributed by atoms with Gasteiger partial charge in [0.15, 0.2) is 17.0 Å². The Morgan fingerprint density at radius 2 is 1.47 bits per heavy atom. The molecular weight excluding hydrogens is 813 g/mol. The predicted octanol–water partition coefficient (Wildman–Crippen LogP) is 9.73. The van der Waals surface area contributed by atoms with Crippen molar-refractivity contribution < 1.29 is 53.0 Å². The number of ketones is 1. The summed E-state index contributed by atoms with van der Waals surface area (Å²) < 4.78 is 40.8. The summed E-state index contributed by atoms with van der Waals surface area (Å²) >= 11 is 0. The number of hydrogen-bond acceptors (Lipinski definition) is 11. The fraction of sp³-hybridized carbons (Fsp3) is 0.792. The first-order chi connectivity index (χ1) is 30.8. The van der Waals surface area contributed by atoms with Crippen LogP contribution in [0.15, 0.2) is 42.5 Å². The standard InChI is InChI=1S/C53H78O11/c1-6-7-8-9-10-11-12-13-14-15-16-19-25-30-40(54)60-34-50-46(61-50)42-45-49(35(2)3)32-39(33-59-47(56)38-28-23-21-24-29-38)53(42)43-41(37(5)44(55)52(43,58)48(50)57)36(4)27-22-18-17-20-26-31-51(62-45,63-49)64-53/h21,23-24,28-29,36-37,39,41-43,45-46,48,57-58H,2,6-20,22,25-27,30-34H2,1,3-5H3/t36?,37-,39-,41+,42+,43+,45+,46-,48+,49+,50-,51?,52+,53+/m0/s1. The first-order valence-corrected chi connectivity index (χ1v) is 25.6. The van der Waals surface area contributed by atoms with Crippen molar-refractivity contribution in [1.82, 2.24) is 0 Å². The van der Waals surface area contributed by atoms with Crippen LogP contribution in [0.5, 0.6) is 0 Å². The SMILES string of the molecule is C=C(C)[C@]12C[C@@H](COC(=O)c3ccccc3)[C@@]34OC5(CCCCCCCC(C)[C@@H]6[C@H](C)C(=O)[C@@](O)([C@H](O)[C@@]7(COC(=O)CCCCCCCCCCCCCCC)O[C@H]7[C@H]3[C@H]1O5)[C@@H]64)O2. The highest BCUT2D eigenvalue weighted by atomic mass is 16.9. The molecule has 0 radical (unpaired) electrons. The molecule has 4 saturated heterocycles. The number of esters is 2. The van der Waals surface area contributed by atoms with Crippen molar-refractivity contribution in [2.75, 3.05) is 13.2 Å². The number of unbranched alkanes of at least 4 members (excludes halogenated alkanes) is 12. The second-order valence-electron chi connectivity index (χ2n) is 21.2. The third kappa shape index (κ3) is 8.37. The minimum absolute atomic E-state index is 0.0355. The molecule has 356 valence electrons. The molecule has 11 nitrogen and oxygen atoms in total. The van der Waals surface area contributed by atoms with Gasteiger partial charge in [0.2, 0.25) is 0 Å². The monoisotopic (exact) mass is 891 g/mol. The van der Waals surface area contributed by atoms with Crippen molar-refractivity contribution in [2.45, 2.75) is 216 Å². The Kier molecular flexibility index (Phi) is 14.6. The van der Waals surface area contributed by atoms with E-state index in [-0.39, 0.29) is 32.0 Å². The Morgan fingerprint density at radius 1 is 0.828 bits per heavy atom. The van der Waals surface area contributed by atoms with Gasteiger partial charge < -0.3 is 38.6 Å². The summed E-state index contributed by atoms with van der Waals surface area (Å²) in [6.45, 7) is 12.2. The van der Waals surface area contributed by atoms with E-state index in [1.807, 2.05) is 19.9 Å². The molecular formula is C53H78O11. The van der Waals surface area contributed by atoms with Crippen LogP contribution in [0.2, 0.25) is 0 Å². The zero-order chi connectivity index (χ0) is 45.3. The van der Waals surface area contributed by atoms with Gasteiger partial charge in [-0.25, -0.2) is 4.79 Å². The molecule has 14 atom stereocenters. The minimum atomic E-state index is -2.35. The van der Waals surface area contributed by atoms with Crippen LogP contribution in [0.25, 0.3) is 0 Å². The van der Waals surface area contributed by atoms with E-state index in [1.54, 1.807) is 24.3 Å². The molecule has 0 amide bonds. The van der Waals surface area contributed by atoms with Gasteiger partial charge in [-0.3, -0.25) is 9.59 Å². The predicted molar refractivity (Wildman–Crippen MR) is 241 cm³/mol. The molecule has 7 fully saturated rings. The Bertz CT molecular complexity index is 1820. The molecule has 3 saturated carbocycles. The lowest BCUT2D eigenvalue weighted by Crippen LogP contribution is -2.74. The molecule has 2 N–H and O–H groups in total. The van der Waals surface area contributed by atoms with Gasteiger partial charge in [0.1, 0.15) is 30.5 Å². The van der Waals surface area contributed by atoms with E-state index >= 15 is 4.79 Å². The van der Waals surface area contributed by atoms with Crippen molar-refractivity contribution in [1.29, 1.82) is 0 Å². The fourth-order valence-corrected chi connectivity index (χ4v) is 13.8. The highest BCUT2D eigenvalue weighted by Crippen LogP contribution is 2.75. The maximum Gasteiger partial charge on any atom is 0.338 e. The second-order valence-corrected chi connectivity index (χ2v) is 21.2. The molecule has 4 heterocycles. The van der Waals surface area contributed by atoms with E-state index in [9.17, 15) is 19.8 Å². The van der Waals surface area contributed by atoms with E-state index in [0.29, 0.717) is 18.4 Å². The lowest BCUT2D eigenvalue weighted by atomic mass is 9.51. The van der Waals surface area contributed by atoms with Crippen LogP contribution in [-0.2, 0) is 38.0 Å². The summed E-state index contributed by atoms with van der Waals surface area (Å²) in [7, 11) is 0. The largest absolute Gasteiger partial charge is 0.462 e. The number of aliphatic hydroxyl groups excluding tert-OH is 1. The summed E-state index contributed by atoms with van der Waals surface area (Å²) in [5.74, 6) is -6.32. The van der Waals surface area contributed by atoms with Crippen molar-refractivity contribution >= 4 is 17.7 Å². The van der Waals surface area contributed by atoms with Crippen LogP contribution in [0.3, 0.4) is 0 Å². The molecule has 8 rings (SSSR count). The quantitative estimate of drug-likeness (QED) is 0.0558. The van der Waals surface area contributed by atoms with Gasteiger partial charge in [0.25, 0.3) is 5.97 Å².